The van der Waals surface area contributed by atoms with Gasteiger partial charge >= 0.3 is 12.1 Å². The summed E-state index contributed by atoms with van der Waals surface area (Å²) in [5.41, 5.74) is 1.23. The van der Waals surface area contributed by atoms with Gasteiger partial charge in [0.05, 0.1) is 44.9 Å². The number of aromatic amines is 1. The second-order valence-corrected chi connectivity index (χ2v) is 11.8. The van der Waals surface area contributed by atoms with Gasteiger partial charge in [-0.1, -0.05) is 29.3 Å². The molecule has 1 aliphatic carbocycles. The number of piperazine rings is 1. The van der Waals surface area contributed by atoms with Gasteiger partial charge in [-0.2, -0.15) is 13.2 Å². The molecule has 14 heteroatoms. The molecule has 5 rings (SSSR count). The molecule has 1 aromatic carbocycles. The number of alkyl halides is 3. The first-order chi connectivity index (χ1) is 17.4. The van der Waals surface area contributed by atoms with Crippen LogP contribution in [0.25, 0.3) is 10.9 Å². The average Bonchev–Trinajstić information content (AvgIpc) is 3.22. The van der Waals surface area contributed by atoms with Crippen LogP contribution in [0.3, 0.4) is 0 Å². The molecule has 2 N–H and O–H groups in total. The summed E-state index contributed by atoms with van der Waals surface area (Å²) in [4.78, 5) is 17.6. The summed E-state index contributed by atoms with van der Waals surface area (Å²) in [6.45, 7) is 1.18. The van der Waals surface area contributed by atoms with E-state index in [0.717, 1.165) is 10.5 Å². The summed E-state index contributed by atoms with van der Waals surface area (Å²) in [6.07, 6.45) is 0.650. The van der Waals surface area contributed by atoms with Crippen molar-refractivity contribution < 1.29 is 31.1 Å². The van der Waals surface area contributed by atoms with Crippen LogP contribution in [0.4, 0.5) is 18.9 Å². The van der Waals surface area contributed by atoms with Gasteiger partial charge in [-0.05, 0) is 36.6 Å². The number of ether oxygens (including phenoxy) is 1. The summed E-state index contributed by atoms with van der Waals surface area (Å²) < 4.78 is 72.8. The molecule has 2 fully saturated rings. The number of nitrogens with zero attached hydrogens (tertiary/aromatic N) is 2. The van der Waals surface area contributed by atoms with Crippen molar-refractivity contribution in [2.75, 3.05) is 44.1 Å². The molecule has 8 nitrogen and oxygen atoms in total. The Morgan fingerprint density at radius 2 is 1.76 bits per heavy atom. The van der Waals surface area contributed by atoms with Gasteiger partial charge in [0.15, 0.2) is 0 Å². The van der Waals surface area contributed by atoms with Gasteiger partial charge in [-0.15, -0.1) is 0 Å². The van der Waals surface area contributed by atoms with Crippen molar-refractivity contribution in [3.05, 3.63) is 51.0 Å². The monoisotopic (exact) mass is 578 g/mol. The highest BCUT2D eigenvalue weighted by molar-refractivity contribution is 7.96. The summed E-state index contributed by atoms with van der Waals surface area (Å²) >= 11 is 12.4. The van der Waals surface area contributed by atoms with E-state index in [9.17, 15) is 26.4 Å². The van der Waals surface area contributed by atoms with E-state index in [1.165, 1.54) is 6.20 Å². The molecule has 3 aliphatic rings. The molecule has 1 aromatic heterocycles. The number of H-pyrrole nitrogens is 1. The number of carbonyl (C=O) groups excluding carboxylic acids is 1. The zero-order valence-electron chi connectivity index (χ0n) is 19.4. The number of rotatable bonds is 5. The molecule has 2 aliphatic heterocycles. The topological polar surface area (TPSA) is 94.7 Å². The van der Waals surface area contributed by atoms with Crippen LogP contribution in [0.2, 0.25) is 10.0 Å². The predicted molar refractivity (Wildman–Crippen MR) is 134 cm³/mol. The number of benzene rings is 1. The Bertz CT molecular complexity index is 1410. The van der Waals surface area contributed by atoms with Crippen LogP contribution in [-0.2, 0) is 19.6 Å². The molecular weight excluding hydrogens is 556 g/mol. The van der Waals surface area contributed by atoms with Crippen LogP contribution in [0.15, 0.2) is 41.0 Å². The lowest BCUT2D eigenvalue weighted by atomic mass is 9.80. The predicted octanol–water partition coefficient (Wildman–Crippen LogP) is 4.30. The lowest BCUT2D eigenvalue weighted by Gasteiger charge is -2.54. The molecule has 1 amide bonds. The van der Waals surface area contributed by atoms with E-state index in [1.54, 1.807) is 24.3 Å². The van der Waals surface area contributed by atoms with Gasteiger partial charge in [0.25, 0.3) is 10.0 Å². The standard InChI is InChI=1S/C23H23Cl2F3N4O4S/c24-16-5-6-18(20-19(16)17(25)11-29-20)30-37(34,35)15-3-1-14(2-4-15)22(12-36-13-22)32-9-7-31(8-10-32)21(33)23(26,27)28/h1,3,5-6,11,29-30H,2,4,7-10,12-13H2. The Hall–Kier alpha value is -2.25. The maximum atomic E-state index is 13.2. The maximum absolute atomic E-state index is 13.2. The van der Waals surface area contributed by atoms with E-state index in [4.69, 9.17) is 27.9 Å². The number of anilines is 1. The van der Waals surface area contributed by atoms with Crippen molar-refractivity contribution in [1.82, 2.24) is 14.8 Å². The molecule has 0 saturated carbocycles. The summed E-state index contributed by atoms with van der Waals surface area (Å²) in [5, 5.41) is 1.29. The van der Waals surface area contributed by atoms with Crippen LogP contribution in [0.1, 0.15) is 12.8 Å². The zero-order valence-corrected chi connectivity index (χ0v) is 21.7. The third kappa shape index (κ3) is 4.74. The minimum Gasteiger partial charge on any atom is -0.377 e. The Kier molecular flexibility index (Phi) is 6.76. The van der Waals surface area contributed by atoms with Gasteiger partial charge in [-0.25, -0.2) is 8.42 Å². The first kappa shape index (κ1) is 26.4. The largest absolute Gasteiger partial charge is 0.471 e. The Balaban J connectivity index is 1.32. The first-order valence-electron chi connectivity index (χ1n) is 11.5. The molecule has 0 atom stereocenters. The van der Waals surface area contributed by atoms with E-state index < -0.39 is 27.6 Å². The Morgan fingerprint density at radius 3 is 2.32 bits per heavy atom. The number of hydrogen-bond donors (Lipinski definition) is 2. The smallest absolute Gasteiger partial charge is 0.377 e. The van der Waals surface area contributed by atoms with Crippen molar-refractivity contribution >= 4 is 55.7 Å². The normalized spacial score (nSPS) is 20.8. The zero-order chi connectivity index (χ0) is 26.6. The van der Waals surface area contributed by atoms with Gasteiger partial charge in [0.2, 0.25) is 0 Å². The summed E-state index contributed by atoms with van der Waals surface area (Å²) in [5.74, 6) is -1.83. The van der Waals surface area contributed by atoms with Crippen LogP contribution < -0.4 is 4.72 Å². The van der Waals surface area contributed by atoms with Crippen LogP contribution in [0.5, 0.6) is 0 Å². The third-order valence-corrected chi connectivity index (χ3v) is 9.26. The maximum Gasteiger partial charge on any atom is 0.471 e. The fourth-order valence-corrected chi connectivity index (χ4v) is 6.84. The van der Waals surface area contributed by atoms with Gasteiger partial charge in [-0.3, -0.25) is 14.4 Å². The second-order valence-electron chi connectivity index (χ2n) is 9.21. The molecule has 0 spiro atoms. The SMILES string of the molecule is O=C(N1CCN(C2(C3=CC=C(S(=O)(=O)Nc4ccc(Cl)c5c(Cl)c[nH]c45)CC3)COC2)CC1)C(F)(F)F. The van der Waals surface area contributed by atoms with E-state index in [-0.39, 0.29) is 37.5 Å². The molecular formula is C23H23Cl2F3N4O4S. The number of halogens is 5. The van der Waals surface area contributed by atoms with Crippen molar-refractivity contribution in [2.45, 2.75) is 24.6 Å². The number of hydrogen-bond acceptors (Lipinski definition) is 5. The number of amides is 1. The van der Waals surface area contributed by atoms with Gasteiger partial charge in [0, 0.05) is 37.8 Å². The van der Waals surface area contributed by atoms with E-state index >= 15 is 0 Å². The number of allylic oxidation sites excluding steroid dienone is 3. The molecule has 0 radical (unpaired) electrons. The quantitative estimate of drug-likeness (QED) is 0.551. The summed E-state index contributed by atoms with van der Waals surface area (Å²) in [7, 11) is -3.88. The minimum atomic E-state index is -4.89. The molecule has 0 unspecified atom stereocenters. The molecule has 3 heterocycles. The lowest BCUT2D eigenvalue weighted by Crippen LogP contribution is -2.68. The molecule has 2 saturated heterocycles. The van der Waals surface area contributed by atoms with E-state index in [2.05, 4.69) is 9.71 Å². The highest BCUT2D eigenvalue weighted by atomic mass is 35.5. The first-order valence-corrected chi connectivity index (χ1v) is 13.7. The number of sulfonamides is 1. The minimum absolute atomic E-state index is 0.0366. The van der Waals surface area contributed by atoms with Crippen molar-refractivity contribution in [2.24, 2.45) is 0 Å². The number of fused-ring (bicyclic) bond motifs is 1. The molecule has 2 aromatic rings. The number of aromatic nitrogens is 1. The Morgan fingerprint density at radius 1 is 1.05 bits per heavy atom. The lowest BCUT2D eigenvalue weighted by molar-refractivity contribution is -0.190. The van der Waals surface area contributed by atoms with Crippen LogP contribution in [0, 0.1) is 0 Å². The molecule has 200 valence electrons. The average molecular weight is 579 g/mol. The molecule has 37 heavy (non-hydrogen) atoms. The van der Waals surface area contributed by atoms with Crippen LogP contribution in [-0.4, -0.2) is 80.2 Å². The fraction of sp³-hybridized carbons (Fsp3) is 0.435. The van der Waals surface area contributed by atoms with E-state index in [0.29, 0.717) is 46.3 Å². The van der Waals surface area contributed by atoms with Gasteiger partial charge < -0.3 is 14.6 Å². The number of nitrogens with one attached hydrogen (secondary N) is 2. The van der Waals surface area contributed by atoms with Crippen molar-refractivity contribution in [3.63, 3.8) is 0 Å². The third-order valence-electron chi connectivity index (χ3n) is 7.13. The van der Waals surface area contributed by atoms with Crippen molar-refractivity contribution in [1.29, 1.82) is 0 Å². The van der Waals surface area contributed by atoms with Gasteiger partial charge in [0.1, 0.15) is 0 Å². The molecule has 0 bridgehead atoms. The second kappa shape index (κ2) is 9.49. The highest BCUT2D eigenvalue weighted by Crippen LogP contribution is 2.40. The Labute approximate surface area is 221 Å². The number of carbonyl (C=O) groups is 1. The fourth-order valence-electron chi connectivity index (χ4n) is 5.08. The van der Waals surface area contributed by atoms with E-state index in [1.807, 2.05) is 4.90 Å². The van der Waals surface area contributed by atoms with Crippen molar-refractivity contribution in [3.8, 4) is 0 Å². The summed E-state index contributed by atoms with van der Waals surface area (Å²) in [6, 6.07) is 3.13. The van der Waals surface area contributed by atoms with Crippen LogP contribution >= 0.6 is 23.2 Å². The highest BCUT2D eigenvalue weighted by Gasteiger charge is 2.50.